The summed E-state index contributed by atoms with van der Waals surface area (Å²) in [6.07, 6.45) is 11.4. The first-order chi connectivity index (χ1) is 14.0. The van der Waals surface area contributed by atoms with Crippen LogP contribution in [0.5, 0.6) is 0 Å². The minimum Gasteiger partial charge on any atom is -0.367 e. The van der Waals surface area contributed by atoms with Crippen LogP contribution in [-0.2, 0) is 4.79 Å². The number of allylic oxidation sites excluding steroid dienone is 3. The van der Waals surface area contributed by atoms with E-state index in [0.29, 0.717) is 22.6 Å². The molecule has 0 radical (unpaired) electrons. The zero-order valence-corrected chi connectivity index (χ0v) is 19.1. The van der Waals surface area contributed by atoms with Gasteiger partial charge in [-0.15, -0.1) is 0 Å². The van der Waals surface area contributed by atoms with Crippen LogP contribution in [0.2, 0.25) is 10.0 Å². The maximum atomic E-state index is 13.0. The van der Waals surface area contributed by atoms with Crippen molar-refractivity contribution < 1.29 is 4.79 Å². The van der Waals surface area contributed by atoms with Gasteiger partial charge in [0.05, 0.1) is 12.0 Å². The highest BCUT2D eigenvalue weighted by atomic mass is 35.5. The second-order valence-corrected chi connectivity index (χ2v) is 9.17. The highest BCUT2D eigenvalue weighted by Gasteiger charge is 2.34. The molecule has 1 saturated heterocycles. The van der Waals surface area contributed by atoms with E-state index in [1.54, 1.807) is 6.07 Å². The summed E-state index contributed by atoms with van der Waals surface area (Å²) < 4.78 is 0. The molecule has 1 amide bonds. The fraction of sp³-hybridized carbons (Fsp3) is 0.522. The minimum atomic E-state index is -0.0254. The van der Waals surface area contributed by atoms with Crippen molar-refractivity contribution in [3.63, 3.8) is 0 Å². The van der Waals surface area contributed by atoms with Gasteiger partial charge in [-0.05, 0) is 62.5 Å². The fourth-order valence-corrected chi connectivity index (χ4v) is 5.11. The Kier molecular flexibility index (Phi) is 8.35. The number of hydrogen-bond donors (Lipinski definition) is 1. The Morgan fingerprint density at radius 1 is 1.14 bits per heavy atom. The first-order valence-electron chi connectivity index (χ1n) is 10.4. The summed E-state index contributed by atoms with van der Waals surface area (Å²) >= 11 is 18.3. The number of nitrogens with zero attached hydrogens (tertiary/aromatic N) is 1. The van der Waals surface area contributed by atoms with E-state index in [9.17, 15) is 4.79 Å². The Balaban J connectivity index is 1.78. The van der Waals surface area contributed by atoms with Gasteiger partial charge in [-0.3, -0.25) is 4.79 Å². The molecule has 0 bridgehead atoms. The number of hydrogen-bond acceptors (Lipinski definition) is 2. The van der Waals surface area contributed by atoms with E-state index in [4.69, 9.17) is 34.8 Å². The average molecular weight is 456 g/mol. The Labute approximate surface area is 189 Å². The van der Waals surface area contributed by atoms with Crippen LogP contribution in [0.3, 0.4) is 0 Å². The summed E-state index contributed by atoms with van der Waals surface area (Å²) in [5.74, 6) is 0.158. The molecule has 1 aliphatic carbocycles. The van der Waals surface area contributed by atoms with Gasteiger partial charge in [-0.1, -0.05) is 60.1 Å². The molecule has 6 heteroatoms. The molecule has 1 aromatic carbocycles. The number of piperidine rings is 1. The van der Waals surface area contributed by atoms with Crippen LogP contribution in [0.4, 0.5) is 0 Å². The predicted molar refractivity (Wildman–Crippen MR) is 122 cm³/mol. The van der Waals surface area contributed by atoms with Gasteiger partial charge in [0.25, 0.3) is 0 Å². The van der Waals surface area contributed by atoms with Crippen molar-refractivity contribution >= 4 is 40.7 Å². The largest absolute Gasteiger partial charge is 0.367 e. The van der Waals surface area contributed by atoms with Crippen LogP contribution < -0.4 is 5.32 Å². The number of likely N-dealkylation sites (tertiary alicyclic amines) is 1. The lowest BCUT2D eigenvalue weighted by molar-refractivity contribution is -0.127. The third-order valence-electron chi connectivity index (χ3n) is 6.09. The molecule has 3 rings (SSSR count). The van der Waals surface area contributed by atoms with Crippen LogP contribution in [0.25, 0.3) is 0 Å². The highest BCUT2D eigenvalue weighted by molar-refractivity contribution is 6.35. The van der Waals surface area contributed by atoms with Gasteiger partial charge in [0.1, 0.15) is 0 Å². The normalized spacial score (nSPS) is 24.1. The molecule has 0 aromatic heterocycles. The number of nitrogens with one attached hydrogen (secondary N) is 1. The molecule has 2 aliphatic rings. The second kappa shape index (κ2) is 10.7. The van der Waals surface area contributed by atoms with Crippen molar-refractivity contribution in [2.24, 2.45) is 5.92 Å². The lowest BCUT2D eigenvalue weighted by Gasteiger charge is -2.42. The van der Waals surface area contributed by atoms with Crippen molar-refractivity contribution in [1.82, 2.24) is 10.2 Å². The van der Waals surface area contributed by atoms with Crippen molar-refractivity contribution in [1.29, 1.82) is 0 Å². The standard InChI is InChI=1S/C23H29Cl3N2O/c1-16(6-5-13-24)28-15-17(23(29)27-19-7-3-2-4-8-19)9-12-22(28)20-11-10-18(25)14-21(20)26/h5-6,10-11,13-14,17,19,22H,2-4,7-9,12,15H2,1H3,(H,27,29)/b13-5+,16-6+/t17-,22+/m1/s1. The maximum absolute atomic E-state index is 13.0. The molecular formula is C23H29Cl3N2O. The highest BCUT2D eigenvalue weighted by Crippen LogP contribution is 2.39. The van der Waals surface area contributed by atoms with E-state index in [0.717, 1.165) is 36.9 Å². The van der Waals surface area contributed by atoms with Gasteiger partial charge in [-0.25, -0.2) is 0 Å². The van der Waals surface area contributed by atoms with Crippen molar-refractivity contribution in [2.75, 3.05) is 6.54 Å². The molecule has 0 spiro atoms. The quantitative estimate of drug-likeness (QED) is 0.492. The van der Waals surface area contributed by atoms with Crippen LogP contribution in [-0.4, -0.2) is 23.4 Å². The maximum Gasteiger partial charge on any atom is 0.225 e. The molecule has 0 unspecified atom stereocenters. The van der Waals surface area contributed by atoms with Gasteiger partial charge in [-0.2, -0.15) is 0 Å². The number of benzene rings is 1. The van der Waals surface area contributed by atoms with E-state index < -0.39 is 0 Å². The Morgan fingerprint density at radius 3 is 2.59 bits per heavy atom. The monoisotopic (exact) mass is 454 g/mol. The summed E-state index contributed by atoms with van der Waals surface area (Å²) in [4.78, 5) is 15.2. The fourth-order valence-electron chi connectivity index (χ4n) is 4.51. The van der Waals surface area contributed by atoms with Crippen LogP contribution in [0.15, 0.2) is 41.6 Å². The number of carbonyl (C=O) groups is 1. The smallest absolute Gasteiger partial charge is 0.225 e. The number of halogens is 3. The lowest BCUT2D eigenvalue weighted by atomic mass is 9.87. The van der Waals surface area contributed by atoms with Gasteiger partial charge in [0.2, 0.25) is 5.91 Å². The molecule has 2 atom stereocenters. The molecule has 3 nitrogen and oxygen atoms in total. The van der Waals surface area contributed by atoms with Crippen molar-refractivity contribution in [2.45, 2.75) is 64.0 Å². The zero-order chi connectivity index (χ0) is 20.8. The van der Waals surface area contributed by atoms with E-state index in [1.807, 2.05) is 24.3 Å². The molecule has 1 aliphatic heterocycles. The third kappa shape index (κ3) is 5.93. The molecule has 29 heavy (non-hydrogen) atoms. The number of amides is 1. The lowest BCUT2D eigenvalue weighted by Crippen LogP contribution is -2.46. The predicted octanol–water partition coefficient (Wildman–Crippen LogP) is 6.85. The first-order valence-corrected chi connectivity index (χ1v) is 11.6. The van der Waals surface area contributed by atoms with Crippen LogP contribution in [0.1, 0.15) is 63.5 Å². The van der Waals surface area contributed by atoms with Crippen molar-refractivity contribution in [3.05, 3.63) is 57.2 Å². The summed E-state index contributed by atoms with van der Waals surface area (Å²) in [5.41, 5.74) is 3.60. The molecule has 2 fully saturated rings. The van der Waals surface area contributed by atoms with Gasteiger partial charge in [0.15, 0.2) is 0 Å². The molecule has 1 aromatic rings. The Bertz CT molecular complexity index is 771. The second-order valence-electron chi connectivity index (χ2n) is 8.08. The third-order valence-corrected chi connectivity index (χ3v) is 6.80. The van der Waals surface area contributed by atoms with Crippen LogP contribution in [0, 0.1) is 5.92 Å². The molecular weight excluding hydrogens is 427 g/mol. The van der Waals surface area contributed by atoms with E-state index >= 15 is 0 Å². The van der Waals surface area contributed by atoms with E-state index in [1.165, 1.54) is 24.8 Å². The summed E-state index contributed by atoms with van der Waals surface area (Å²) in [7, 11) is 0. The molecule has 158 valence electrons. The van der Waals surface area contributed by atoms with Gasteiger partial charge in [0, 0.05) is 33.9 Å². The topological polar surface area (TPSA) is 32.3 Å². The Hall–Kier alpha value is -1.16. The average Bonchev–Trinajstić information content (AvgIpc) is 2.72. The summed E-state index contributed by atoms with van der Waals surface area (Å²) in [6, 6.07) is 6.11. The van der Waals surface area contributed by atoms with Gasteiger partial charge >= 0.3 is 0 Å². The Morgan fingerprint density at radius 2 is 1.90 bits per heavy atom. The SMILES string of the molecule is C/C(=C\C=C\Cl)N1C[C@H](C(=O)NC2CCCCC2)CC[C@H]1c1ccc(Cl)cc1Cl. The first kappa shape index (κ1) is 22.5. The summed E-state index contributed by atoms with van der Waals surface area (Å²) in [5, 5.41) is 4.59. The zero-order valence-electron chi connectivity index (χ0n) is 16.8. The minimum absolute atomic E-state index is 0.0254. The van der Waals surface area contributed by atoms with Gasteiger partial charge < -0.3 is 10.2 Å². The summed E-state index contributed by atoms with van der Waals surface area (Å²) in [6.45, 7) is 2.72. The van der Waals surface area contributed by atoms with E-state index in [2.05, 4.69) is 17.1 Å². The molecule has 1 N–H and O–H groups in total. The molecule has 1 heterocycles. The van der Waals surface area contributed by atoms with E-state index in [-0.39, 0.29) is 17.9 Å². The van der Waals surface area contributed by atoms with Crippen LogP contribution >= 0.6 is 34.8 Å². The molecule has 1 saturated carbocycles. The number of rotatable bonds is 5. The van der Waals surface area contributed by atoms with Crippen molar-refractivity contribution in [3.8, 4) is 0 Å². The number of carbonyl (C=O) groups excluding carboxylic acids is 1.